The van der Waals surface area contributed by atoms with E-state index in [0.29, 0.717) is 12.2 Å². The Balaban J connectivity index is 2.80. The summed E-state index contributed by atoms with van der Waals surface area (Å²) in [5.41, 5.74) is 6.78. The molecule has 0 aliphatic heterocycles. The second kappa shape index (κ2) is 4.79. The molecule has 1 unspecified atom stereocenters. The van der Waals surface area contributed by atoms with Crippen molar-refractivity contribution in [3.63, 3.8) is 0 Å². The summed E-state index contributed by atoms with van der Waals surface area (Å²) >= 11 is 0. The molecule has 0 aliphatic rings. The van der Waals surface area contributed by atoms with E-state index in [0.717, 1.165) is 5.56 Å². The molecule has 0 fully saturated rings. The van der Waals surface area contributed by atoms with Crippen LogP contribution in [0.1, 0.15) is 12.5 Å². The molecule has 0 aliphatic carbocycles. The number of phenolic OH excluding ortho intramolecular Hbond substituents is 1. The van der Waals surface area contributed by atoms with Crippen molar-refractivity contribution in [2.45, 2.75) is 13.8 Å². The fraction of sp³-hybridized carbons (Fsp3) is 0.364. The minimum Gasteiger partial charge on any atom is -0.506 e. The van der Waals surface area contributed by atoms with Crippen LogP contribution in [-0.4, -0.2) is 17.6 Å². The van der Waals surface area contributed by atoms with Crippen LogP contribution in [-0.2, 0) is 4.79 Å². The summed E-state index contributed by atoms with van der Waals surface area (Å²) in [6.07, 6.45) is 0. The van der Waals surface area contributed by atoms with Crippen molar-refractivity contribution in [3.05, 3.63) is 23.8 Å². The Hall–Kier alpha value is -1.55. The van der Waals surface area contributed by atoms with Crippen molar-refractivity contribution in [2.24, 2.45) is 11.7 Å². The van der Waals surface area contributed by atoms with Gasteiger partial charge in [-0.2, -0.15) is 0 Å². The zero-order chi connectivity index (χ0) is 11.4. The van der Waals surface area contributed by atoms with Crippen LogP contribution in [0.25, 0.3) is 0 Å². The number of aromatic hydroxyl groups is 1. The van der Waals surface area contributed by atoms with E-state index in [1.54, 1.807) is 25.1 Å². The van der Waals surface area contributed by atoms with Gasteiger partial charge in [-0.1, -0.05) is 13.0 Å². The van der Waals surface area contributed by atoms with E-state index >= 15 is 0 Å². The lowest BCUT2D eigenvalue weighted by molar-refractivity contribution is -0.119. The first-order valence-electron chi connectivity index (χ1n) is 4.85. The molecule has 4 nitrogen and oxygen atoms in total. The standard InChI is InChI=1S/C11H16N2O2/c1-7-3-4-10(14)9(5-7)13-11(15)8(2)6-12/h3-5,8,14H,6,12H2,1-2H3,(H,13,15). The Morgan fingerprint density at radius 2 is 2.27 bits per heavy atom. The van der Waals surface area contributed by atoms with Crippen molar-refractivity contribution in [1.82, 2.24) is 0 Å². The quantitative estimate of drug-likeness (QED) is 0.654. The summed E-state index contributed by atoms with van der Waals surface area (Å²) in [6.45, 7) is 3.92. The average molecular weight is 208 g/mol. The zero-order valence-corrected chi connectivity index (χ0v) is 8.95. The molecule has 82 valence electrons. The average Bonchev–Trinajstić information content (AvgIpc) is 2.22. The number of rotatable bonds is 3. The number of aryl methyl sites for hydroxylation is 1. The molecule has 1 atom stereocenters. The smallest absolute Gasteiger partial charge is 0.228 e. The van der Waals surface area contributed by atoms with Crippen LogP contribution in [0.15, 0.2) is 18.2 Å². The molecule has 4 heteroatoms. The second-order valence-electron chi connectivity index (χ2n) is 3.65. The minimum atomic E-state index is -0.259. The fourth-order valence-electron chi connectivity index (χ4n) is 1.11. The molecule has 1 rings (SSSR count). The number of hydrogen-bond acceptors (Lipinski definition) is 3. The zero-order valence-electron chi connectivity index (χ0n) is 8.95. The summed E-state index contributed by atoms with van der Waals surface area (Å²) < 4.78 is 0. The predicted octanol–water partition coefficient (Wildman–Crippen LogP) is 1.23. The van der Waals surface area contributed by atoms with Gasteiger partial charge < -0.3 is 16.2 Å². The maximum absolute atomic E-state index is 11.5. The second-order valence-corrected chi connectivity index (χ2v) is 3.65. The molecular formula is C11H16N2O2. The topological polar surface area (TPSA) is 75.3 Å². The van der Waals surface area contributed by atoms with E-state index in [1.165, 1.54) is 0 Å². The van der Waals surface area contributed by atoms with Gasteiger partial charge in [0.25, 0.3) is 0 Å². The van der Waals surface area contributed by atoms with Crippen LogP contribution in [0.4, 0.5) is 5.69 Å². The van der Waals surface area contributed by atoms with Crippen molar-refractivity contribution in [3.8, 4) is 5.75 Å². The molecule has 0 aromatic heterocycles. The van der Waals surface area contributed by atoms with Crippen molar-refractivity contribution in [1.29, 1.82) is 0 Å². The molecule has 0 bridgehead atoms. The number of carbonyl (C=O) groups excluding carboxylic acids is 1. The van der Waals surface area contributed by atoms with Gasteiger partial charge in [0.2, 0.25) is 5.91 Å². The third kappa shape index (κ3) is 2.95. The van der Waals surface area contributed by atoms with E-state index < -0.39 is 0 Å². The number of phenols is 1. The Morgan fingerprint density at radius 3 is 2.87 bits per heavy atom. The van der Waals surface area contributed by atoms with Gasteiger partial charge in [0.15, 0.2) is 0 Å². The first-order chi connectivity index (χ1) is 7.04. The number of nitrogens with two attached hydrogens (primary N) is 1. The Labute approximate surface area is 89.1 Å². The lowest BCUT2D eigenvalue weighted by Crippen LogP contribution is -2.26. The van der Waals surface area contributed by atoms with E-state index in [4.69, 9.17) is 5.73 Å². The number of benzene rings is 1. The van der Waals surface area contributed by atoms with Gasteiger partial charge in [-0.25, -0.2) is 0 Å². The Morgan fingerprint density at radius 1 is 1.60 bits per heavy atom. The van der Waals surface area contributed by atoms with E-state index in [-0.39, 0.29) is 17.6 Å². The maximum atomic E-state index is 11.5. The first kappa shape index (κ1) is 11.5. The summed E-state index contributed by atoms with van der Waals surface area (Å²) in [4.78, 5) is 11.5. The number of amides is 1. The van der Waals surface area contributed by atoms with E-state index in [9.17, 15) is 9.90 Å². The van der Waals surface area contributed by atoms with Crippen LogP contribution in [0.2, 0.25) is 0 Å². The largest absolute Gasteiger partial charge is 0.506 e. The van der Waals surface area contributed by atoms with Gasteiger partial charge in [0, 0.05) is 12.5 Å². The molecule has 1 aromatic rings. The SMILES string of the molecule is Cc1ccc(O)c(NC(=O)C(C)CN)c1. The first-order valence-corrected chi connectivity index (χ1v) is 4.85. The molecule has 4 N–H and O–H groups in total. The molecule has 15 heavy (non-hydrogen) atoms. The highest BCUT2D eigenvalue weighted by molar-refractivity contribution is 5.93. The van der Waals surface area contributed by atoms with Gasteiger partial charge in [-0.3, -0.25) is 4.79 Å². The normalized spacial score (nSPS) is 12.2. The van der Waals surface area contributed by atoms with Crippen molar-refractivity contribution in [2.75, 3.05) is 11.9 Å². The van der Waals surface area contributed by atoms with Crippen molar-refractivity contribution >= 4 is 11.6 Å². The van der Waals surface area contributed by atoms with Crippen LogP contribution in [0, 0.1) is 12.8 Å². The Bertz CT molecular complexity index is 364. The summed E-state index contributed by atoms with van der Waals surface area (Å²) in [5.74, 6) is -0.374. The minimum absolute atomic E-state index is 0.0678. The number of carbonyl (C=O) groups is 1. The highest BCUT2D eigenvalue weighted by Gasteiger charge is 2.12. The van der Waals surface area contributed by atoms with Gasteiger partial charge in [-0.15, -0.1) is 0 Å². The number of hydrogen-bond donors (Lipinski definition) is 3. The Kier molecular flexibility index (Phi) is 3.68. The molecule has 0 saturated carbocycles. The molecule has 0 spiro atoms. The highest BCUT2D eigenvalue weighted by Crippen LogP contribution is 2.24. The summed E-state index contributed by atoms with van der Waals surface area (Å²) in [6, 6.07) is 5.05. The van der Waals surface area contributed by atoms with Gasteiger partial charge in [0.1, 0.15) is 5.75 Å². The lowest BCUT2D eigenvalue weighted by Gasteiger charge is -2.11. The van der Waals surface area contributed by atoms with Crippen LogP contribution in [0.3, 0.4) is 0 Å². The molecule has 0 saturated heterocycles. The molecule has 1 aromatic carbocycles. The molecule has 0 heterocycles. The van der Waals surface area contributed by atoms with Crippen LogP contribution >= 0.6 is 0 Å². The number of anilines is 1. The molecular weight excluding hydrogens is 192 g/mol. The molecule has 0 radical (unpaired) electrons. The lowest BCUT2D eigenvalue weighted by atomic mass is 10.1. The van der Waals surface area contributed by atoms with Crippen LogP contribution < -0.4 is 11.1 Å². The summed E-state index contributed by atoms with van der Waals surface area (Å²) in [5, 5.41) is 12.1. The predicted molar refractivity (Wildman–Crippen MR) is 59.7 cm³/mol. The van der Waals surface area contributed by atoms with E-state index in [1.807, 2.05) is 6.92 Å². The van der Waals surface area contributed by atoms with Crippen LogP contribution in [0.5, 0.6) is 5.75 Å². The monoisotopic (exact) mass is 208 g/mol. The highest BCUT2D eigenvalue weighted by atomic mass is 16.3. The maximum Gasteiger partial charge on any atom is 0.228 e. The third-order valence-electron chi connectivity index (χ3n) is 2.21. The van der Waals surface area contributed by atoms with Gasteiger partial charge in [0.05, 0.1) is 5.69 Å². The summed E-state index contributed by atoms with van der Waals surface area (Å²) in [7, 11) is 0. The third-order valence-corrected chi connectivity index (χ3v) is 2.21. The van der Waals surface area contributed by atoms with Gasteiger partial charge in [-0.05, 0) is 24.6 Å². The fourth-order valence-corrected chi connectivity index (χ4v) is 1.11. The molecule has 1 amide bonds. The van der Waals surface area contributed by atoms with E-state index in [2.05, 4.69) is 5.32 Å². The van der Waals surface area contributed by atoms with Crippen molar-refractivity contribution < 1.29 is 9.90 Å². The van der Waals surface area contributed by atoms with Gasteiger partial charge >= 0.3 is 0 Å². The number of nitrogens with one attached hydrogen (secondary N) is 1.